The van der Waals surface area contributed by atoms with Crippen molar-refractivity contribution in [3.05, 3.63) is 58.6 Å². The minimum absolute atomic E-state index is 0.0219. The van der Waals surface area contributed by atoms with Gasteiger partial charge in [-0.25, -0.2) is 17.2 Å². The molecule has 0 saturated carbocycles. The zero-order chi connectivity index (χ0) is 20.3. The van der Waals surface area contributed by atoms with Crippen molar-refractivity contribution in [2.24, 2.45) is 0 Å². The molecule has 0 bridgehead atoms. The summed E-state index contributed by atoms with van der Waals surface area (Å²) in [6.07, 6.45) is 3.48. The summed E-state index contributed by atoms with van der Waals surface area (Å²) in [7, 11) is -3.85. The Morgan fingerprint density at radius 1 is 0.964 bits per heavy atom. The molecule has 0 atom stereocenters. The molecule has 2 aromatic rings. The van der Waals surface area contributed by atoms with Crippen LogP contribution in [0, 0.1) is 11.6 Å². The first kappa shape index (κ1) is 20.7. The second kappa shape index (κ2) is 8.55. The molecule has 0 unspecified atom stereocenters. The van der Waals surface area contributed by atoms with E-state index in [-0.39, 0.29) is 21.2 Å². The van der Waals surface area contributed by atoms with Gasteiger partial charge in [0.25, 0.3) is 5.91 Å². The quantitative estimate of drug-likeness (QED) is 0.783. The van der Waals surface area contributed by atoms with E-state index in [1.165, 1.54) is 28.6 Å². The first-order chi connectivity index (χ1) is 13.3. The molecular formula is C19H19ClF2N2O3S. The normalized spacial score (nSPS) is 15.8. The Labute approximate surface area is 167 Å². The molecule has 1 amide bonds. The van der Waals surface area contributed by atoms with Crippen LogP contribution in [-0.2, 0) is 10.0 Å². The Morgan fingerprint density at radius 3 is 2.29 bits per heavy atom. The summed E-state index contributed by atoms with van der Waals surface area (Å²) in [5, 5.41) is 2.44. The smallest absolute Gasteiger partial charge is 0.255 e. The van der Waals surface area contributed by atoms with Gasteiger partial charge in [0.05, 0.1) is 5.02 Å². The van der Waals surface area contributed by atoms with Crippen LogP contribution in [0.5, 0.6) is 0 Å². The number of benzene rings is 2. The molecule has 0 aliphatic carbocycles. The first-order valence-electron chi connectivity index (χ1n) is 8.85. The molecule has 0 aromatic heterocycles. The molecule has 9 heteroatoms. The van der Waals surface area contributed by atoms with Crippen LogP contribution < -0.4 is 5.32 Å². The molecule has 3 rings (SSSR count). The molecule has 5 nitrogen and oxygen atoms in total. The van der Waals surface area contributed by atoms with Crippen LogP contribution >= 0.6 is 11.6 Å². The van der Waals surface area contributed by atoms with Crippen LogP contribution in [0.2, 0.25) is 5.02 Å². The lowest BCUT2D eigenvalue weighted by molar-refractivity contribution is 0.102. The van der Waals surface area contributed by atoms with Crippen LogP contribution in [0.15, 0.2) is 41.3 Å². The average molecular weight is 429 g/mol. The second-order valence-corrected chi connectivity index (χ2v) is 8.86. The van der Waals surface area contributed by atoms with Crippen molar-refractivity contribution in [1.82, 2.24) is 4.31 Å². The maximum atomic E-state index is 13.3. The van der Waals surface area contributed by atoms with Crippen molar-refractivity contribution in [3.8, 4) is 0 Å². The van der Waals surface area contributed by atoms with Crippen LogP contribution in [-0.4, -0.2) is 31.7 Å². The van der Waals surface area contributed by atoms with E-state index in [0.29, 0.717) is 13.1 Å². The minimum Gasteiger partial charge on any atom is -0.322 e. The third-order valence-corrected chi connectivity index (χ3v) is 6.93. The molecule has 1 N–H and O–H groups in total. The number of sulfonamides is 1. The van der Waals surface area contributed by atoms with Crippen molar-refractivity contribution in [3.63, 3.8) is 0 Å². The maximum Gasteiger partial charge on any atom is 0.255 e. The summed E-state index contributed by atoms with van der Waals surface area (Å²) >= 11 is 6.12. The molecular weight excluding hydrogens is 410 g/mol. The fourth-order valence-corrected chi connectivity index (χ4v) is 5.06. The predicted molar refractivity (Wildman–Crippen MR) is 103 cm³/mol. The Kier molecular flexibility index (Phi) is 6.32. The number of carbonyl (C=O) groups excluding carboxylic acids is 1. The fraction of sp³-hybridized carbons (Fsp3) is 0.316. The minimum atomic E-state index is -3.85. The van der Waals surface area contributed by atoms with E-state index < -0.39 is 27.6 Å². The van der Waals surface area contributed by atoms with Crippen molar-refractivity contribution >= 4 is 33.2 Å². The maximum absolute atomic E-state index is 13.3. The third kappa shape index (κ3) is 4.51. The summed E-state index contributed by atoms with van der Waals surface area (Å²) in [4.78, 5) is 12.3. The third-order valence-electron chi connectivity index (χ3n) is 4.55. The van der Waals surface area contributed by atoms with Crippen molar-refractivity contribution < 1.29 is 22.0 Å². The van der Waals surface area contributed by atoms with Crippen LogP contribution in [0.3, 0.4) is 0 Å². The molecule has 150 valence electrons. The van der Waals surface area contributed by atoms with E-state index in [1.54, 1.807) is 0 Å². The van der Waals surface area contributed by atoms with Crippen molar-refractivity contribution in [2.45, 2.75) is 30.6 Å². The summed E-state index contributed by atoms with van der Waals surface area (Å²) in [6.45, 7) is 0.813. The monoisotopic (exact) mass is 428 g/mol. The van der Waals surface area contributed by atoms with E-state index in [4.69, 9.17) is 11.6 Å². The summed E-state index contributed by atoms with van der Waals surface area (Å²) in [5.41, 5.74) is 0.0957. The van der Waals surface area contributed by atoms with Crippen molar-refractivity contribution in [2.75, 3.05) is 18.4 Å². The number of amides is 1. The molecule has 1 aliphatic heterocycles. The van der Waals surface area contributed by atoms with E-state index in [2.05, 4.69) is 5.32 Å². The number of halogens is 3. The number of hydrogen-bond donors (Lipinski definition) is 1. The molecule has 1 fully saturated rings. The van der Waals surface area contributed by atoms with Crippen molar-refractivity contribution in [1.29, 1.82) is 0 Å². The van der Waals surface area contributed by atoms with Gasteiger partial charge in [-0.3, -0.25) is 4.79 Å². The zero-order valence-corrected chi connectivity index (χ0v) is 16.5. The molecule has 1 aliphatic rings. The zero-order valence-electron chi connectivity index (χ0n) is 14.9. The lowest BCUT2D eigenvalue weighted by atomic mass is 10.2. The highest BCUT2D eigenvalue weighted by Crippen LogP contribution is 2.28. The van der Waals surface area contributed by atoms with Gasteiger partial charge in [0.15, 0.2) is 11.6 Å². The molecule has 0 spiro atoms. The second-order valence-electron chi connectivity index (χ2n) is 6.55. The Morgan fingerprint density at radius 2 is 1.64 bits per heavy atom. The van der Waals surface area contributed by atoms with Gasteiger partial charge in [0, 0.05) is 30.4 Å². The lowest BCUT2D eigenvalue weighted by Gasteiger charge is -2.21. The van der Waals surface area contributed by atoms with E-state index >= 15 is 0 Å². The highest BCUT2D eigenvalue weighted by molar-refractivity contribution is 7.89. The Balaban J connectivity index is 1.87. The number of nitrogens with zero attached hydrogens (tertiary/aromatic N) is 1. The SMILES string of the molecule is O=C(Nc1ccc(F)c(F)c1)c1ccc(Cl)c(S(=O)(=O)N2CCCCCC2)c1. The number of nitrogens with one attached hydrogen (secondary N) is 1. The fourth-order valence-electron chi connectivity index (χ4n) is 3.04. The number of carbonyl (C=O) groups is 1. The topological polar surface area (TPSA) is 66.5 Å². The van der Waals surface area contributed by atoms with Gasteiger partial charge < -0.3 is 5.32 Å². The molecule has 1 heterocycles. The predicted octanol–water partition coefficient (Wildman–Crippen LogP) is 4.44. The first-order valence-corrected chi connectivity index (χ1v) is 10.7. The van der Waals surface area contributed by atoms with Gasteiger partial charge in [-0.1, -0.05) is 24.4 Å². The average Bonchev–Trinajstić information content (AvgIpc) is 2.95. The van der Waals surface area contributed by atoms with Gasteiger partial charge in [-0.05, 0) is 43.2 Å². The standard InChI is InChI=1S/C19H19ClF2N2O3S/c20-15-7-5-13(19(25)23-14-6-8-16(21)17(22)12-14)11-18(15)28(26,27)24-9-3-1-2-4-10-24/h5-8,11-12H,1-4,9-10H2,(H,23,25). The Bertz CT molecular complexity index is 991. The molecule has 28 heavy (non-hydrogen) atoms. The van der Waals surface area contributed by atoms with Crippen LogP contribution in [0.25, 0.3) is 0 Å². The van der Waals surface area contributed by atoms with Gasteiger partial charge in [-0.2, -0.15) is 4.31 Å². The van der Waals surface area contributed by atoms with E-state index in [9.17, 15) is 22.0 Å². The van der Waals surface area contributed by atoms with E-state index in [0.717, 1.165) is 37.8 Å². The van der Waals surface area contributed by atoms with Gasteiger partial charge in [-0.15, -0.1) is 0 Å². The highest BCUT2D eigenvalue weighted by Gasteiger charge is 2.28. The van der Waals surface area contributed by atoms with Gasteiger partial charge in [0.1, 0.15) is 4.90 Å². The van der Waals surface area contributed by atoms with E-state index in [1.807, 2.05) is 0 Å². The summed E-state index contributed by atoms with van der Waals surface area (Å²) in [6, 6.07) is 6.87. The van der Waals surface area contributed by atoms with Gasteiger partial charge >= 0.3 is 0 Å². The number of anilines is 1. The van der Waals surface area contributed by atoms with Crippen LogP contribution in [0.1, 0.15) is 36.0 Å². The van der Waals surface area contributed by atoms with Crippen LogP contribution in [0.4, 0.5) is 14.5 Å². The Hall–Kier alpha value is -2.03. The van der Waals surface area contributed by atoms with Gasteiger partial charge in [0.2, 0.25) is 10.0 Å². The highest BCUT2D eigenvalue weighted by atomic mass is 35.5. The lowest BCUT2D eigenvalue weighted by Crippen LogP contribution is -2.32. The largest absolute Gasteiger partial charge is 0.322 e. The molecule has 2 aromatic carbocycles. The molecule has 1 saturated heterocycles. The molecule has 0 radical (unpaired) electrons. The summed E-state index contributed by atoms with van der Waals surface area (Å²) < 4.78 is 53.7. The summed E-state index contributed by atoms with van der Waals surface area (Å²) in [5.74, 6) is -2.79. The number of hydrogen-bond acceptors (Lipinski definition) is 3. The number of rotatable bonds is 4.